The summed E-state index contributed by atoms with van der Waals surface area (Å²) in [5, 5.41) is 2.14. The molecule has 4 rings (SSSR count). The minimum absolute atomic E-state index is 0.779. The highest BCUT2D eigenvalue weighted by molar-refractivity contribution is 7.15. The third-order valence-corrected chi connectivity index (χ3v) is 5.06. The molecular formula is C19H17N3S. The largest absolute Gasteiger partial charge is 0.399 e. The summed E-state index contributed by atoms with van der Waals surface area (Å²) in [6.45, 7) is 4.27. The van der Waals surface area contributed by atoms with E-state index in [0.717, 1.165) is 33.2 Å². The first-order chi connectivity index (χ1) is 11.1. The van der Waals surface area contributed by atoms with Crippen LogP contribution in [-0.2, 0) is 0 Å². The number of nitrogens with two attached hydrogens (primary N) is 1. The van der Waals surface area contributed by atoms with Gasteiger partial charge in [0.25, 0.3) is 0 Å². The Morgan fingerprint density at radius 1 is 0.957 bits per heavy atom. The molecule has 0 unspecified atom stereocenters. The van der Waals surface area contributed by atoms with Crippen molar-refractivity contribution >= 4 is 22.0 Å². The number of thiazole rings is 1. The van der Waals surface area contributed by atoms with E-state index in [-0.39, 0.29) is 0 Å². The van der Waals surface area contributed by atoms with Gasteiger partial charge in [-0.3, -0.25) is 4.40 Å². The van der Waals surface area contributed by atoms with Gasteiger partial charge in [-0.2, -0.15) is 0 Å². The summed E-state index contributed by atoms with van der Waals surface area (Å²) in [4.78, 5) is 5.78. The Kier molecular flexibility index (Phi) is 3.20. The molecule has 0 atom stereocenters. The molecule has 0 aliphatic carbocycles. The van der Waals surface area contributed by atoms with Crippen LogP contribution in [0.4, 0.5) is 5.69 Å². The number of benzene rings is 2. The molecule has 2 N–H and O–H groups in total. The second kappa shape index (κ2) is 5.25. The van der Waals surface area contributed by atoms with E-state index in [1.165, 1.54) is 11.1 Å². The number of nitrogens with zero attached hydrogens (tertiary/aromatic N) is 2. The Hall–Kier alpha value is -2.59. The van der Waals surface area contributed by atoms with Crippen molar-refractivity contribution in [2.45, 2.75) is 13.8 Å². The van der Waals surface area contributed by atoms with Crippen molar-refractivity contribution in [2.24, 2.45) is 0 Å². The second-order valence-corrected chi connectivity index (χ2v) is 6.66. The number of nitrogen functional groups attached to an aromatic ring is 1. The average molecular weight is 319 g/mol. The third kappa shape index (κ3) is 2.41. The molecule has 0 radical (unpaired) electrons. The van der Waals surface area contributed by atoms with Gasteiger partial charge in [0.2, 0.25) is 0 Å². The van der Waals surface area contributed by atoms with Crippen molar-refractivity contribution in [3.05, 3.63) is 65.2 Å². The van der Waals surface area contributed by atoms with Crippen molar-refractivity contribution in [2.75, 3.05) is 5.73 Å². The van der Waals surface area contributed by atoms with Gasteiger partial charge in [0, 0.05) is 22.8 Å². The van der Waals surface area contributed by atoms with Gasteiger partial charge in [0.05, 0.1) is 11.4 Å². The maximum atomic E-state index is 5.78. The standard InChI is InChI=1S/C19H17N3S/c1-12-3-4-15(9-13(12)2)17-10-22-18(11-23-19(22)21-17)14-5-7-16(20)8-6-14/h3-11H,20H2,1-2H3. The number of hydrogen-bond donors (Lipinski definition) is 1. The molecule has 23 heavy (non-hydrogen) atoms. The smallest absolute Gasteiger partial charge is 0.194 e. The van der Waals surface area contributed by atoms with Crippen molar-refractivity contribution < 1.29 is 0 Å². The van der Waals surface area contributed by atoms with Crippen LogP contribution in [0.5, 0.6) is 0 Å². The van der Waals surface area contributed by atoms with Crippen LogP contribution in [0.2, 0.25) is 0 Å². The molecule has 2 aromatic carbocycles. The van der Waals surface area contributed by atoms with E-state index in [1.807, 2.05) is 24.3 Å². The maximum absolute atomic E-state index is 5.78. The predicted molar refractivity (Wildman–Crippen MR) is 97.8 cm³/mol. The van der Waals surface area contributed by atoms with Crippen LogP contribution in [-0.4, -0.2) is 9.38 Å². The highest BCUT2D eigenvalue weighted by Crippen LogP contribution is 2.30. The highest BCUT2D eigenvalue weighted by atomic mass is 32.1. The van der Waals surface area contributed by atoms with Gasteiger partial charge in [-0.25, -0.2) is 4.98 Å². The lowest BCUT2D eigenvalue weighted by atomic mass is 10.0. The molecule has 0 saturated carbocycles. The number of aromatic nitrogens is 2. The fourth-order valence-electron chi connectivity index (χ4n) is 2.69. The van der Waals surface area contributed by atoms with Gasteiger partial charge >= 0.3 is 0 Å². The number of aryl methyl sites for hydroxylation is 2. The SMILES string of the molecule is Cc1ccc(-c2cn3c(-c4ccc(N)cc4)csc3n2)cc1C. The molecule has 0 fully saturated rings. The zero-order chi connectivity index (χ0) is 16.0. The molecule has 3 nitrogen and oxygen atoms in total. The lowest BCUT2D eigenvalue weighted by Crippen LogP contribution is -1.86. The average Bonchev–Trinajstić information content (AvgIpc) is 3.11. The van der Waals surface area contributed by atoms with E-state index in [2.05, 4.69) is 48.0 Å². The fraction of sp³-hybridized carbons (Fsp3) is 0.105. The van der Waals surface area contributed by atoms with Gasteiger partial charge in [-0.15, -0.1) is 11.3 Å². The predicted octanol–water partition coefficient (Wildman–Crippen LogP) is 4.93. The van der Waals surface area contributed by atoms with E-state index in [4.69, 9.17) is 10.7 Å². The fourth-order valence-corrected chi connectivity index (χ4v) is 3.57. The molecule has 2 aromatic heterocycles. The van der Waals surface area contributed by atoms with Crippen molar-refractivity contribution in [3.63, 3.8) is 0 Å². The Balaban J connectivity index is 1.82. The Morgan fingerprint density at radius 3 is 2.43 bits per heavy atom. The monoisotopic (exact) mass is 319 g/mol. The van der Waals surface area contributed by atoms with E-state index in [1.54, 1.807) is 11.3 Å². The lowest BCUT2D eigenvalue weighted by molar-refractivity contribution is 1.24. The van der Waals surface area contributed by atoms with Crippen molar-refractivity contribution in [1.82, 2.24) is 9.38 Å². The van der Waals surface area contributed by atoms with Crippen LogP contribution in [0.1, 0.15) is 11.1 Å². The molecule has 0 saturated heterocycles. The molecule has 114 valence electrons. The van der Waals surface area contributed by atoms with Crippen LogP contribution in [0.15, 0.2) is 54.0 Å². The third-order valence-electron chi connectivity index (χ3n) is 4.22. The molecule has 2 heterocycles. The van der Waals surface area contributed by atoms with E-state index >= 15 is 0 Å². The normalized spacial score (nSPS) is 11.2. The highest BCUT2D eigenvalue weighted by Gasteiger charge is 2.11. The lowest BCUT2D eigenvalue weighted by Gasteiger charge is -2.02. The Morgan fingerprint density at radius 2 is 1.70 bits per heavy atom. The number of hydrogen-bond acceptors (Lipinski definition) is 3. The van der Waals surface area contributed by atoms with Gasteiger partial charge in [-0.1, -0.05) is 24.3 Å². The Labute approximate surface area is 139 Å². The zero-order valence-electron chi connectivity index (χ0n) is 13.1. The van der Waals surface area contributed by atoms with E-state index in [9.17, 15) is 0 Å². The summed E-state index contributed by atoms with van der Waals surface area (Å²) in [6.07, 6.45) is 2.11. The molecule has 0 amide bonds. The first-order valence-electron chi connectivity index (χ1n) is 7.52. The number of anilines is 1. The molecule has 0 bridgehead atoms. The van der Waals surface area contributed by atoms with Gasteiger partial charge in [0.15, 0.2) is 4.96 Å². The molecule has 0 aliphatic rings. The summed E-state index contributed by atoms with van der Waals surface area (Å²) in [5.74, 6) is 0. The quantitative estimate of drug-likeness (QED) is 0.532. The van der Waals surface area contributed by atoms with Crippen LogP contribution in [0.3, 0.4) is 0 Å². The first-order valence-corrected chi connectivity index (χ1v) is 8.40. The summed E-state index contributed by atoms with van der Waals surface area (Å²) < 4.78 is 2.15. The van der Waals surface area contributed by atoms with Crippen molar-refractivity contribution in [1.29, 1.82) is 0 Å². The molecular weight excluding hydrogens is 302 g/mol. The van der Waals surface area contributed by atoms with Gasteiger partial charge in [-0.05, 0) is 48.7 Å². The summed E-state index contributed by atoms with van der Waals surface area (Å²) in [7, 11) is 0. The number of imidazole rings is 1. The van der Waals surface area contributed by atoms with E-state index < -0.39 is 0 Å². The van der Waals surface area contributed by atoms with Crippen LogP contribution in [0.25, 0.3) is 27.5 Å². The van der Waals surface area contributed by atoms with Crippen LogP contribution < -0.4 is 5.73 Å². The first kappa shape index (κ1) is 14.0. The minimum Gasteiger partial charge on any atom is -0.399 e. The van der Waals surface area contributed by atoms with Gasteiger partial charge < -0.3 is 5.73 Å². The zero-order valence-corrected chi connectivity index (χ0v) is 13.9. The van der Waals surface area contributed by atoms with Crippen LogP contribution in [0, 0.1) is 13.8 Å². The molecule has 4 heteroatoms. The summed E-state index contributed by atoms with van der Waals surface area (Å²) in [6, 6.07) is 14.4. The minimum atomic E-state index is 0.779. The summed E-state index contributed by atoms with van der Waals surface area (Å²) in [5.41, 5.74) is 13.6. The second-order valence-electron chi connectivity index (χ2n) is 5.82. The topological polar surface area (TPSA) is 43.3 Å². The maximum Gasteiger partial charge on any atom is 0.194 e. The van der Waals surface area contributed by atoms with Gasteiger partial charge in [0.1, 0.15) is 0 Å². The molecule has 4 aromatic rings. The Bertz CT molecular complexity index is 993. The molecule has 0 aliphatic heterocycles. The molecule has 0 spiro atoms. The summed E-state index contributed by atoms with van der Waals surface area (Å²) >= 11 is 1.66. The van der Waals surface area contributed by atoms with E-state index in [0.29, 0.717) is 0 Å². The number of rotatable bonds is 2. The van der Waals surface area contributed by atoms with Crippen LogP contribution >= 0.6 is 11.3 Å². The number of fused-ring (bicyclic) bond motifs is 1. The van der Waals surface area contributed by atoms with Crippen molar-refractivity contribution in [3.8, 4) is 22.5 Å².